The molecule has 2 heterocycles. The molecule has 2 unspecified atom stereocenters. The third kappa shape index (κ3) is 2.47. The van der Waals surface area contributed by atoms with Crippen LogP contribution in [0.15, 0.2) is 0 Å². The molecule has 2 atom stereocenters. The number of hydrogen-bond acceptors (Lipinski definition) is 3. The molecule has 2 rings (SSSR count). The zero-order valence-electron chi connectivity index (χ0n) is 9.00. The number of methoxy groups -OCH3 is 1. The topological polar surface area (TPSA) is 30.5 Å². The van der Waals surface area contributed by atoms with Crippen LogP contribution in [0, 0.1) is 11.8 Å². The minimum Gasteiger partial charge on any atom is -0.383 e. The summed E-state index contributed by atoms with van der Waals surface area (Å²) in [5, 5.41) is 3.54. The third-order valence-corrected chi connectivity index (χ3v) is 3.56. The molecule has 1 N–H and O–H groups in total. The molecule has 0 aromatic rings. The van der Waals surface area contributed by atoms with Gasteiger partial charge in [0, 0.05) is 26.4 Å². The molecule has 0 amide bonds. The lowest BCUT2D eigenvalue weighted by atomic mass is 9.84. The minimum absolute atomic E-state index is 0.591. The normalized spacial score (nSPS) is 34.9. The molecule has 0 saturated carbocycles. The van der Waals surface area contributed by atoms with E-state index in [-0.39, 0.29) is 0 Å². The number of ether oxygens (including phenoxy) is 2. The van der Waals surface area contributed by atoms with Crippen molar-refractivity contribution in [2.24, 2.45) is 11.8 Å². The van der Waals surface area contributed by atoms with Gasteiger partial charge in [-0.25, -0.2) is 0 Å². The summed E-state index contributed by atoms with van der Waals surface area (Å²) >= 11 is 0. The van der Waals surface area contributed by atoms with Crippen molar-refractivity contribution in [2.75, 3.05) is 33.5 Å². The third-order valence-electron chi connectivity index (χ3n) is 3.56. The summed E-state index contributed by atoms with van der Waals surface area (Å²) in [4.78, 5) is 0. The van der Waals surface area contributed by atoms with Gasteiger partial charge < -0.3 is 14.8 Å². The van der Waals surface area contributed by atoms with Crippen molar-refractivity contribution >= 4 is 0 Å². The first-order valence-electron chi connectivity index (χ1n) is 5.70. The predicted molar refractivity (Wildman–Crippen MR) is 55.3 cm³/mol. The van der Waals surface area contributed by atoms with Crippen LogP contribution in [0.1, 0.15) is 19.3 Å². The fourth-order valence-corrected chi connectivity index (χ4v) is 2.72. The van der Waals surface area contributed by atoms with Gasteiger partial charge in [0.2, 0.25) is 0 Å². The molecular weight excluding hydrogens is 178 g/mol. The standard InChI is InChI=1S/C11H21NO2/c1-13-8-11-6-10(7-12-11)9-2-4-14-5-3-9/h9-12H,2-8H2,1H3. The number of nitrogens with one attached hydrogen (secondary N) is 1. The predicted octanol–water partition coefficient (Wildman–Crippen LogP) is 1.04. The first-order valence-corrected chi connectivity index (χ1v) is 5.70. The largest absolute Gasteiger partial charge is 0.383 e. The van der Waals surface area contributed by atoms with Gasteiger partial charge >= 0.3 is 0 Å². The van der Waals surface area contributed by atoms with Crippen LogP contribution in [0.25, 0.3) is 0 Å². The molecule has 0 aromatic carbocycles. The molecule has 2 saturated heterocycles. The number of rotatable bonds is 3. The maximum Gasteiger partial charge on any atom is 0.0615 e. The highest BCUT2D eigenvalue weighted by molar-refractivity contribution is 4.86. The Morgan fingerprint density at radius 2 is 2.07 bits per heavy atom. The molecule has 2 aliphatic heterocycles. The fraction of sp³-hybridized carbons (Fsp3) is 1.00. The Kier molecular flexibility index (Phi) is 3.79. The number of hydrogen-bond donors (Lipinski definition) is 1. The molecule has 3 nitrogen and oxygen atoms in total. The van der Waals surface area contributed by atoms with Crippen LogP contribution in [0.3, 0.4) is 0 Å². The monoisotopic (exact) mass is 199 g/mol. The van der Waals surface area contributed by atoms with Crippen LogP contribution < -0.4 is 5.32 Å². The summed E-state index contributed by atoms with van der Waals surface area (Å²) in [6.45, 7) is 3.98. The van der Waals surface area contributed by atoms with Crippen molar-refractivity contribution in [3.8, 4) is 0 Å². The Hall–Kier alpha value is -0.120. The van der Waals surface area contributed by atoms with Crippen LogP contribution in [0.5, 0.6) is 0 Å². The summed E-state index contributed by atoms with van der Waals surface area (Å²) in [6.07, 6.45) is 3.80. The molecule has 82 valence electrons. The van der Waals surface area contributed by atoms with Gasteiger partial charge in [0.05, 0.1) is 6.61 Å². The molecule has 14 heavy (non-hydrogen) atoms. The fourth-order valence-electron chi connectivity index (χ4n) is 2.72. The summed E-state index contributed by atoms with van der Waals surface area (Å²) in [5.41, 5.74) is 0. The minimum atomic E-state index is 0.591. The smallest absolute Gasteiger partial charge is 0.0615 e. The Bertz CT molecular complexity index is 169. The van der Waals surface area contributed by atoms with Crippen LogP contribution in [-0.2, 0) is 9.47 Å². The van der Waals surface area contributed by atoms with Gasteiger partial charge in [0.1, 0.15) is 0 Å². The van der Waals surface area contributed by atoms with Crippen LogP contribution in [0.4, 0.5) is 0 Å². The van der Waals surface area contributed by atoms with Gasteiger partial charge in [-0.3, -0.25) is 0 Å². The average Bonchev–Trinajstić information content (AvgIpc) is 2.68. The summed E-state index contributed by atoms with van der Waals surface area (Å²) < 4.78 is 10.6. The van der Waals surface area contributed by atoms with Gasteiger partial charge in [-0.2, -0.15) is 0 Å². The lowest BCUT2D eigenvalue weighted by Crippen LogP contribution is -2.26. The molecule has 0 spiro atoms. The first-order chi connectivity index (χ1) is 6.90. The quantitative estimate of drug-likeness (QED) is 0.736. The highest BCUT2D eigenvalue weighted by atomic mass is 16.5. The van der Waals surface area contributed by atoms with Crippen LogP contribution >= 0.6 is 0 Å². The van der Waals surface area contributed by atoms with E-state index in [4.69, 9.17) is 9.47 Å². The maximum absolute atomic E-state index is 5.39. The van der Waals surface area contributed by atoms with E-state index >= 15 is 0 Å². The Morgan fingerprint density at radius 1 is 1.29 bits per heavy atom. The van der Waals surface area contributed by atoms with E-state index in [1.165, 1.54) is 25.8 Å². The van der Waals surface area contributed by atoms with Crippen molar-refractivity contribution in [3.05, 3.63) is 0 Å². The molecule has 0 radical (unpaired) electrons. The van der Waals surface area contributed by atoms with Crippen molar-refractivity contribution in [2.45, 2.75) is 25.3 Å². The van der Waals surface area contributed by atoms with Crippen LogP contribution in [0.2, 0.25) is 0 Å². The van der Waals surface area contributed by atoms with Crippen molar-refractivity contribution < 1.29 is 9.47 Å². The zero-order valence-corrected chi connectivity index (χ0v) is 9.00. The average molecular weight is 199 g/mol. The molecule has 0 aromatic heterocycles. The van der Waals surface area contributed by atoms with E-state index in [2.05, 4.69) is 5.32 Å². The van der Waals surface area contributed by atoms with Crippen molar-refractivity contribution in [3.63, 3.8) is 0 Å². The van der Waals surface area contributed by atoms with Gasteiger partial charge in [-0.1, -0.05) is 0 Å². The van der Waals surface area contributed by atoms with Gasteiger partial charge in [0.25, 0.3) is 0 Å². The molecular formula is C11H21NO2. The lowest BCUT2D eigenvalue weighted by Gasteiger charge is -2.27. The van der Waals surface area contributed by atoms with E-state index in [1.807, 2.05) is 0 Å². The summed E-state index contributed by atoms with van der Waals surface area (Å²) in [7, 11) is 1.78. The Morgan fingerprint density at radius 3 is 2.79 bits per heavy atom. The van der Waals surface area contributed by atoms with Crippen molar-refractivity contribution in [1.29, 1.82) is 0 Å². The SMILES string of the molecule is COCC1CC(C2CCOCC2)CN1. The molecule has 0 aliphatic carbocycles. The van der Waals surface area contributed by atoms with E-state index in [0.717, 1.165) is 31.7 Å². The van der Waals surface area contributed by atoms with E-state index in [0.29, 0.717) is 6.04 Å². The molecule has 2 fully saturated rings. The highest BCUT2D eigenvalue weighted by Gasteiger charge is 2.31. The van der Waals surface area contributed by atoms with Gasteiger partial charge in [-0.15, -0.1) is 0 Å². The molecule has 3 heteroatoms. The van der Waals surface area contributed by atoms with E-state index in [1.54, 1.807) is 7.11 Å². The highest BCUT2D eigenvalue weighted by Crippen LogP contribution is 2.29. The molecule has 0 bridgehead atoms. The van der Waals surface area contributed by atoms with Crippen molar-refractivity contribution in [1.82, 2.24) is 5.32 Å². The Labute approximate surface area is 86.2 Å². The molecule has 2 aliphatic rings. The van der Waals surface area contributed by atoms with Gasteiger partial charge in [-0.05, 0) is 37.6 Å². The van der Waals surface area contributed by atoms with E-state index < -0.39 is 0 Å². The second-order valence-electron chi connectivity index (χ2n) is 4.51. The maximum atomic E-state index is 5.39. The van der Waals surface area contributed by atoms with Gasteiger partial charge in [0.15, 0.2) is 0 Å². The van der Waals surface area contributed by atoms with E-state index in [9.17, 15) is 0 Å². The Balaban J connectivity index is 1.76. The zero-order chi connectivity index (χ0) is 9.80. The summed E-state index contributed by atoms with van der Waals surface area (Å²) in [6, 6.07) is 0.591. The second-order valence-corrected chi connectivity index (χ2v) is 4.51. The lowest BCUT2D eigenvalue weighted by molar-refractivity contribution is 0.0488. The summed E-state index contributed by atoms with van der Waals surface area (Å²) in [5.74, 6) is 1.75. The second kappa shape index (κ2) is 5.10. The first kappa shape index (κ1) is 10.4. The van der Waals surface area contributed by atoms with Crippen LogP contribution in [-0.4, -0.2) is 39.5 Å².